The standard InChI is InChI=1S/C14H14FNO/c1-10(16)11-7-8-14(13(15)9-11)17-12-5-3-2-4-6-12/h2-10H,16H2,1H3/t10-/m0/s1. The molecule has 2 N–H and O–H groups in total. The molecule has 0 unspecified atom stereocenters. The van der Waals surface area contributed by atoms with E-state index in [9.17, 15) is 4.39 Å². The third-order valence-corrected chi connectivity index (χ3v) is 2.45. The van der Waals surface area contributed by atoms with E-state index in [2.05, 4.69) is 0 Å². The molecule has 0 fully saturated rings. The van der Waals surface area contributed by atoms with Crippen LogP contribution < -0.4 is 10.5 Å². The van der Waals surface area contributed by atoms with Gasteiger partial charge in [0.2, 0.25) is 0 Å². The SMILES string of the molecule is C[C@H](N)c1ccc(Oc2ccccc2)c(F)c1. The smallest absolute Gasteiger partial charge is 0.166 e. The van der Waals surface area contributed by atoms with Gasteiger partial charge in [-0.2, -0.15) is 0 Å². The Kier molecular flexibility index (Phi) is 3.40. The Labute approximate surface area is 99.8 Å². The molecule has 0 saturated carbocycles. The lowest BCUT2D eigenvalue weighted by atomic mass is 10.1. The maximum Gasteiger partial charge on any atom is 0.166 e. The first-order valence-electron chi connectivity index (χ1n) is 5.45. The average Bonchev–Trinajstić information content (AvgIpc) is 2.33. The summed E-state index contributed by atoms with van der Waals surface area (Å²) < 4.78 is 19.1. The normalized spacial score (nSPS) is 12.2. The van der Waals surface area contributed by atoms with E-state index in [1.165, 1.54) is 6.07 Å². The van der Waals surface area contributed by atoms with Crippen LogP contribution in [0.15, 0.2) is 48.5 Å². The molecule has 1 atom stereocenters. The Morgan fingerprint density at radius 2 is 1.82 bits per heavy atom. The number of hydrogen-bond donors (Lipinski definition) is 1. The van der Waals surface area contributed by atoms with Gasteiger partial charge in [-0.3, -0.25) is 0 Å². The molecule has 0 aromatic heterocycles. The predicted octanol–water partition coefficient (Wildman–Crippen LogP) is 3.64. The molecule has 2 aromatic carbocycles. The van der Waals surface area contributed by atoms with Gasteiger partial charge in [-0.15, -0.1) is 0 Å². The van der Waals surface area contributed by atoms with Crippen LogP contribution in [0.4, 0.5) is 4.39 Å². The van der Waals surface area contributed by atoms with Gasteiger partial charge in [-0.25, -0.2) is 4.39 Å². The van der Waals surface area contributed by atoms with Gasteiger partial charge in [-0.1, -0.05) is 24.3 Å². The minimum absolute atomic E-state index is 0.185. The summed E-state index contributed by atoms with van der Waals surface area (Å²) in [5.41, 5.74) is 6.43. The molecular weight excluding hydrogens is 217 g/mol. The lowest BCUT2D eigenvalue weighted by Crippen LogP contribution is -2.05. The monoisotopic (exact) mass is 231 g/mol. The van der Waals surface area contributed by atoms with Crippen molar-refractivity contribution in [2.75, 3.05) is 0 Å². The Morgan fingerprint density at radius 1 is 1.12 bits per heavy atom. The summed E-state index contributed by atoms with van der Waals surface area (Å²) in [7, 11) is 0. The van der Waals surface area contributed by atoms with E-state index < -0.39 is 5.82 Å². The summed E-state index contributed by atoms with van der Waals surface area (Å²) in [6.45, 7) is 1.81. The van der Waals surface area contributed by atoms with E-state index in [4.69, 9.17) is 10.5 Å². The Balaban J connectivity index is 2.23. The third kappa shape index (κ3) is 2.82. The average molecular weight is 231 g/mol. The second-order valence-corrected chi connectivity index (χ2v) is 3.89. The minimum atomic E-state index is -0.399. The van der Waals surface area contributed by atoms with Crippen LogP contribution in [-0.2, 0) is 0 Å². The molecule has 0 aliphatic rings. The maximum absolute atomic E-state index is 13.7. The van der Waals surface area contributed by atoms with Crippen molar-refractivity contribution in [2.45, 2.75) is 13.0 Å². The largest absolute Gasteiger partial charge is 0.454 e. The van der Waals surface area contributed by atoms with Crippen molar-refractivity contribution < 1.29 is 9.13 Å². The zero-order chi connectivity index (χ0) is 12.3. The molecule has 0 aliphatic carbocycles. The molecule has 0 radical (unpaired) electrons. The highest BCUT2D eigenvalue weighted by Crippen LogP contribution is 2.26. The lowest BCUT2D eigenvalue weighted by molar-refractivity contribution is 0.441. The fourth-order valence-electron chi connectivity index (χ4n) is 1.50. The number of benzene rings is 2. The highest BCUT2D eigenvalue weighted by atomic mass is 19.1. The number of hydrogen-bond acceptors (Lipinski definition) is 2. The fourth-order valence-corrected chi connectivity index (χ4v) is 1.50. The predicted molar refractivity (Wildman–Crippen MR) is 65.5 cm³/mol. The zero-order valence-corrected chi connectivity index (χ0v) is 9.56. The zero-order valence-electron chi connectivity index (χ0n) is 9.56. The molecule has 2 aromatic rings. The van der Waals surface area contributed by atoms with E-state index in [-0.39, 0.29) is 11.8 Å². The Morgan fingerprint density at radius 3 is 2.41 bits per heavy atom. The van der Waals surface area contributed by atoms with E-state index in [0.29, 0.717) is 5.75 Å². The molecular formula is C14H14FNO. The van der Waals surface area contributed by atoms with Crippen LogP contribution >= 0.6 is 0 Å². The summed E-state index contributed by atoms with van der Waals surface area (Å²) in [6, 6.07) is 13.7. The first-order chi connectivity index (χ1) is 8.16. The van der Waals surface area contributed by atoms with Crippen molar-refractivity contribution in [1.82, 2.24) is 0 Å². The van der Waals surface area contributed by atoms with Crippen molar-refractivity contribution in [1.29, 1.82) is 0 Å². The quantitative estimate of drug-likeness (QED) is 0.875. The highest BCUT2D eigenvalue weighted by Gasteiger charge is 2.07. The van der Waals surface area contributed by atoms with Crippen LogP contribution in [0.5, 0.6) is 11.5 Å². The van der Waals surface area contributed by atoms with Crippen LogP contribution in [-0.4, -0.2) is 0 Å². The van der Waals surface area contributed by atoms with E-state index in [1.54, 1.807) is 24.3 Å². The van der Waals surface area contributed by atoms with Gasteiger partial charge >= 0.3 is 0 Å². The van der Waals surface area contributed by atoms with E-state index in [1.807, 2.05) is 25.1 Å². The summed E-state index contributed by atoms with van der Waals surface area (Å²) in [5, 5.41) is 0. The summed E-state index contributed by atoms with van der Waals surface area (Å²) in [6.07, 6.45) is 0. The van der Waals surface area contributed by atoms with E-state index in [0.717, 1.165) is 5.56 Å². The van der Waals surface area contributed by atoms with Gasteiger partial charge in [0.25, 0.3) is 0 Å². The van der Waals surface area contributed by atoms with E-state index >= 15 is 0 Å². The first kappa shape index (κ1) is 11.6. The first-order valence-corrected chi connectivity index (χ1v) is 5.45. The van der Waals surface area contributed by atoms with Gasteiger partial charge < -0.3 is 10.5 Å². The summed E-state index contributed by atoms with van der Waals surface area (Å²) in [4.78, 5) is 0. The molecule has 0 spiro atoms. The molecule has 0 saturated heterocycles. The molecule has 0 amide bonds. The number of ether oxygens (including phenoxy) is 1. The second-order valence-electron chi connectivity index (χ2n) is 3.89. The van der Waals surface area contributed by atoms with Crippen molar-refractivity contribution in [3.63, 3.8) is 0 Å². The molecule has 17 heavy (non-hydrogen) atoms. The van der Waals surface area contributed by atoms with Crippen molar-refractivity contribution in [2.24, 2.45) is 5.73 Å². The van der Waals surface area contributed by atoms with Crippen molar-refractivity contribution >= 4 is 0 Å². The molecule has 2 rings (SSSR count). The van der Waals surface area contributed by atoms with Gasteiger partial charge in [0, 0.05) is 6.04 Å². The second kappa shape index (κ2) is 4.97. The molecule has 2 nitrogen and oxygen atoms in total. The Hall–Kier alpha value is -1.87. The number of nitrogens with two attached hydrogens (primary N) is 1. The van der Waals surface area contributed by atoms with Crippen molar-refractivity contribution in [3.8, 4) is 11.5 Å². The molecule has 0 bridgehead atoms. The number of rotatable bonds is 3. The van der Waals surface area contributed by atoms with Crippen LogP contribution in [0.2, 0.25) is 0 Å². The molecule has 0 heterocycles. The Bertz CT molecular complexity index is 497. The summed E-state index contributed by atoms with van der Waals surface area (Å²) >= 11 is 0. The van der Waals surface area contributed by atoms with Gasteiger partial charge in [0.1, 0.15) is 5.75 Å². The topological polar surface area (TPSA) is 35.2 Å². The molecule has 0 aliphatic heterocycles. The van der Waals surface area contributed by atoms with Gasteiger partial charge in [0.15, 0.2) is 11.6 Å². The molecule has 88 valence electrons. The van der Waals surface area contributed by atoms with Gasteiger partial charge in [0.05, 0.1) is 0 Å². The summed E-state index contributed by atoms with van der Waals surface area (Å²) in [5.74, 6) is 0.421. The lowest BCUT2D eigenvalue weighted by Gasteiger charge is -2.10. The minimum Gasteiger partial charge on any atom is -0.454 e. The van der Waals surface area contributed by atoms with Crippen LogP contribution in [0, 0.1) is 5.82 Å². The third-order valence-electron chi connectivity index (χ3n) is 2.45. The number of halogens is 1. The molecule has 3 heteroatoms. The van der Waals surface area contributed by atoms with Crippen LogP contribution in [0.3, 0.4) is 0 Å². The van der Waals surface area contributed by atoms with Crippen molar-refractivity contribution in [3.05, 3.63) is 59.9 Å². The number of para-hydroxylation sites is 1. The van der Waals surface area contributed by atoms with Gasteiger partial charge in [-0.05, 0) is 36.8 Å². The highest BCUT2D eigenvalue weighted by molar-refractivity contribution is 5.35. The fraction of sp³-hybridized carbons (Fsp3) is 0.143. The van der Waals surface area contributed by atoms with Crippen LogP contribution in [0.1, 0.15) is 18.5 Å². The maximum atomic E-state index is 13.7. The van der Waals surface area contributed by atoms with Crippen LogP contribution in [0.25, 0.3) is 0 Å².